The number of non-ortho nitro benzene ring substituents is 1. The summed E-state index contributed by atoms with van der Waals surface area (Å²) in [7, 11) is 0. The maximum atomic E-state index is 12.9. The number of carbonyl (C=O) groups is 2. The molecule has 0 aliphatic carbocycles. The third-order valence-electron chi connectivity index (χ3n) is 4.32. The number of hydrogen-bond acceptors (Lipinski definition) is 6. The zero-order valence-corrected chi connectivity index (χ0v) is 17.5. The molecule has 0 saturated carbocycles. The Bertz CT molecular complexity index is 875. The third kappa shape index (κ3) is 6.58. The predicted molar refractivity (Wildman–Crippen MR) is 111 cm³/mol. The van der Waals surface area contributed by atoms with Crippen molar-refractivity contribution in [1.82, 2.24) is 4.90 Å². The van der Waals surface area contributed by atoms with E-state index in [0.717, 1.165) is 5.56 Å². The fourth-order valence-corrected chi connectivity index (χ4v) is 2.72. The first-order chi connectivity index (χ1) is 14.1. The molecule has 0 heterocycles. The number of esters is 1. The molecule has 0 spiro atoms. The van der Waals surface area contributed by atoms with Gasteiger partial charge < -0.3 is 14.4 Å². The number of hydrogen-bond donors (Lipinski definition) is 0. The Morgan fingerprint density at radius 1 is 1.07 bits per heavy atom. The van der Waals surface area contributed by atoms with E-state index in [0.29, 0.717) is 6.54 Å². The molecule has 1 amide bonds. The van der Waals surface area contributed by atoms with Crippen LogP contribution in [0.5, 0.6) is 5.75 Å². The number of nitro benzene ring substituents is 1. The van der Waals surface area contributed by atoms with Crippen molar-refractivity contribution in [2.75, 3.05) is 6.61 Å². The van der Waals surface area contributed by atoms with Crippen molar-refractivity contribution in [3.05, 3.63) is 70.3 Å². The monoisotopic (exact) mass is 414 g/mol. The molecule has 2 rings (SSSR count). The topological polar surface area (TPSA) is 99.0 Å². The van der Waals surface area contributed by atoms with Crippen LogP contribution in [0.2, 0.25) is 0 Å². The quantitative estimate of drug-likeness (QED) is 0.371. The zero-order chi connectivity index (χ0) is 22.3. The third-order valence-corrected chi connectivity index (χ3v) is 4.32. The van der Waals surface area contributed by atoms with Gasteiger partial charge in [0.1, 0.15) is 5.75 Å². The van der Waals surface area contributed by atoms with E-state index in [1.807, 2.05) is 51.1 Å². The molecule has 0 radical (unpaired) electrons. The largest absolute Gasteiger partial charge is 0.482 e. The number of carbonyl (C=O) groups excluding carboxylic acids is 2. The number of benzene rings is 2. The molecule has 0 aliphatic rings. The van der Waals surface area contributed by atoms with Gasteiger partial charge in [0.25, 0.3) is 11.6 Å². The lowest BCUT2D eigenvalue weighted by Gasteiger charge is -2.37. The van der Waals surface area contributed by atoms with E-state index in [2.05, 4.69) is 0 Å². The first-order valence-corrected chi connectivity index (χ1v) is 9.50. The highest BCUT2D eigenvalue weighted by Crippen LogP contribution is 2.20. The van der Waals surface area contributed by atoms with Crippen LogP contribution in [0.15, 0.2) is 54.6 Å². The molecular weight excluding hydrogens is 388 g/mol. The van der Waals surface area contributed by atoms with E-state index in [9.17, 15) is 19.7 Å². The SMILES string of the molecule is C[C@@H](OC(=O)COc1ccc([N+](=O)[O-])cc1)C(=O)N(Cc1ccccc1)C(C)(C)C. The smallest absolute Gasteiger partial charge is 0.344 e. The Labute approximate surface area is 175 Å². The van der Waals surface area contributed by atoms with Crippen LogP contribution >= 0.6 is 0 Å². The summed E-state index contributed by atoms with van der Waals surface area (Å²) in [6.07, 6.45) is -0.985. The van der Waals surface area contributed by atoms with E-state index in [-0.39, 0.29) is 17.3 Å². The fourth-order valence-electron chi connectivity index (χ4n) is 2.72. The summed E-state index contributed by atoms with van der Waals surface area (Å²) in [5, 5.41) is 10.7. The fraction of sp³-hybridized carbons (Fsp3) is 0.364. The normalized spacial score (nSPS) is 12.0. The van der Waals surface area contributed by atoms with Crippen LogP contribution < -0.4 is 4.74 Å². The van der Waals surface area contributed by atoms with Gasteiger partial charge in [0.05, 0.1) is 4.92 Å². The van der Waals surface area contributed by atoms with Gasteiger partial charge in [0, 0.05) is 24.2 Å². The molecule has 2 aromatic carbocycles. The molecule has 0 aromatic heterocycles. The first-order valence-electron chi connectivity index (χ1n) is 9.50. The maximum absolute atomic E-state index is 12.9. The number of rotatable bonds is 8. The molecular formula is C22H26N2O6. The van der Waals surface area contributed by atoms with Crippen LogP contribution in [0.1, 0.15) is 33.3 Å². The second kappa shape index (κ2) is 9.87. The highest BCUT2D eigenvalue weighted by Gasteiger charge is 2.31. The van der Waals surface area contributed by atoms with E-state index in [4.69, 9.17) is 9.47 Å². The summed E-state index contributed by atoms with van der Waals surface area (Å²) in [5.74, 6) is -0.727. The molecule has 1 atom stereocenters. The van der Waals surface area contributed by atoms with Gasteiger partial charge in [-0.05, 0) is 45.4 Å². The molecule has 8 heteroatoms. The molecule has 0 unspecified atom stereocenters. The lowest BCUT2D eigenvalue weighted by molar-refractivity contribution is -0.384. The van der Waals surface area contributed by atoms with Gasteiger partial charge in [-0.15, -0.1) is 0 Å². The van der Waals surface area contributed by atoms with Crippen LogP contribution in [0.3, 0.4) is 0 Å². The molecule has 0 bridgehead atoms. The van der Waals surface area contributed by atoms with Crippen LogP contribution in [0, 0.1) is 10.1 Å². The Balaban J connectivity index is 1.94. The minimum atomic E-state index is -0.985. The van der Waals surface area contributed by atoms with Gasteiger partial charge in [-0.25, -0.2) is 4.79 Å². The van der Waals surface area contributed by atoms with Gasteiger partial charge in [-0.1, -0.05) is 30.3 Å². The van der Waals surface area contributed by atoms with Crippen LogP contribution in [-0.4, -0.2) is 39.9 Å². The lowest BCUT2D eigenvalue weighted by Crippen LogP contribution is -2.49. The van der Waals surface area contributed by atoms with Crippen molar-refractivity contribution in [2.24, 2.45) is 0 Å². The highest BCUT2D eigenvalue weighted by molar-refractivity contribution is 5.84. The average molecular weight is 414 g/mol. The summed E-state index contributed by atoms with van der Waals surface area (Å²) in [6.45, 7) is 7.25. The summed E-state index contributed by atoms with van der Waals surface area (Å²) in [4.78, 5) is 36.9. The van der Waals surface area contributed by atoms with E-state index in [1.165, 1.54) is 31.2 Å². The summed E-state index contributed by atoms with van der Waals surface area (Å²) in [5.41, 5.74) is 0.425. The van der Waals surface area contributed by atoms with Gasteiger partial charge in [-0.3, -0.25) is 14.9 Å². The Morgan fingerprint density at radius 2 is 1.67 bits per heavy atom. The lowest BCUT2D eigenvalue weighted by atomic mass is 10.0. The van der Waals surface area contributed by atoms with Crippen molar-refractivity contribution < 1.29 is 24.0 Å². The molecule has 0 saturated heterocycles. The van der Waals surface area contributed by atoms with Crippen molar-refractivity contribution in [1.29, 1.82) is 0 Å². The average Bonchev–Trinajstić information content (AvgIpc) is 2.70. The Hall–Kier alpha value is -3.42. The molecule has 160 valence electrons. The van der Waals surface area contributed by atoms with Crippen LogP contribution in [0.4, 0.5) is 5.69 Å². The van der Waals surface area contributed by atoms with E-state index < -0.39 is 29.1 Å². The van der Waals surface area contributed by atoms with Gasteiger partial charge in [-0.2, -0.15) is 0 Å². The molecule has 0 aliphatic heterocycles. The van der Waals surface area contributed by atoms with Gasteiger partial charge in [0.2, 0.25) is 0 Å². The zero-order valence-electron chi connectivity index (χ0n) is 17.5. The standard InChI is InChI=1S/C22H26N2O6/c1-16(21(26)23(22(2,3)4)14-17-8-6-5-7-9-17)30-20(25)15-29-19-12-10-18(11-13-19)24(27)28/h5-13,16H,14-15H2,1-4H3/t16-/m1/s1. The van der Waals surface area contributed by atoms with Crippen LogP contribution in [-0.2, 0) is 20.9 Å². The van der Waals surface area contributed by atoms with Gasteiger partial charge in [0.15, 0.2) is 12.7 Å². The van der Waals surface area contributed by atoms with Crippen molar-refractivity contribution >= 4 is 17.6 Å². The number of nitro groups is 1. The number of amides is 1. The molecule has 30 heavy (non-hydrogen) atoms. The Morgan fingerprint density at radius 3 is 2.20 bits per heavy atom. The summed E-state index contributed by atoms with van der Waals surface area (Å²) >= 11 is 0. The molecule has 2 aromatic rings. The van der Waals surface area contributed by atoms with E-state index in [1.54, 1.807) is 4.90 Å². The molecule has 0 fully saturated rings. The first kappa shape index (κ1) is 22.9. The molecule has 0 N–H and O–H groups in total. The summed E-state index contributed by atoms with van der Waals surface area (Å²) in [6, 6.07) is 14.9. The second-order valence-electron chi connectivity index (χ2n) is 7.75. The minimum Gasteiger partial charge on any atom is -0.482 e. The number of nitrogens with zero attached hydrogens (tertiary/aromatic N) is 2. The van der Waals surface area contributed by atoms with Crippen molar-refractivity contribution in [3.8, 4) is 5.75 Å². The predicted octanol–water partition coefficient (Wildman–Crippen LogP) is 3.73. The minimum absolute atomic E-state index is 0.0789. The van der Waals surface area contributed by atoms with E-state index >= 15 is 0 Å². The van der Waals surface area contributed by atoms with Crippen molar-refractivity contribution in [2.45, 2.75) is 45.9 Å². The highest BCUT2D eigenvalue weighted by atomic mass is 16.6. The second-order valence-corrected chi connectivity index (χ2v) is 7.75. The van der Waals surface area contributed by atoms with Crippen molar-refractivity contribution in [3.63, 3.8) is 0 Å². The summed E-state index contributed by atoms with van der Waals surface area (Å²) < 4.78 is 10.5. The van der Waals surface area contributed by atoms with Gasteiger partial charge >= 0.3 is 5.97 Å². The molecule has 8 nitrogen and oxygen atoms in total. The number of ether oxygens (including phenoxy) is 2. The maximum Gasteiger partial charge on any atom is 0.344 e. The van der Waals surface area contributed by atoms with Crippen LogP contribution in [0.25, 0.3) is 0 Å². The Kier molecular flexibility index (Phi) is 7.52.